The molecule has 2 aliphatic rings. The Morgan fingerprint density at radius 1 is 1.00 bits per heavy atom. The van der Waals surface area contributed by atoms with E-state index in [-0.39, 0.29) is 30.1 Å². The summed E-state index contributed by atoms with van der Waals surface area (Å²) in [4.78, 5) is 24.2. The fourth-order valence-corrected chi connectivity index (χ4v) is 3.38. The minimum Gasteiger partial charge on any atom is -0.378 e. The first kappa shape index (κ1) is 19.2. The van der Waals surface area contributed by atoms with Crippen LogP contribution in [0.1, 0.15) is 58.8 Å². The van der Waals surface area contributed by atoms with Crippen LogP contribution in [0.5, 0.6) is 0 Å². The zero-order chi connectivity index (χ0) is 17.4. The molecule has 24 heavy (non-hydrogen) atoms. The van der Waals surface area contributed by atoms with Gasteiger partial charge >= 0.3 is 0 Å². The molecule has 0 saturated carbocycles. The van der Waals surface area contributed by atoms with Gasteiger partial charge in [-0.3, -0.25) is 9.59 Å². The molecule has 0 spiro atoms. The molecule has 6 nitrogen and oxygen atoms in total. The fourth-order valence-electron chi connectivity index (χ4n) is 3.38. The molecule has 3 atom stereocenters. The average molecular weight is 340 g/mol. The molecule has 0 aromatic heterocycles. The lowest BCUT2D eigenvalue weighted by Crippen LogP contribution is -2.45. The minimum absolute atomic E-state index is 0.00373. The lowest BCUT2D eigenvalue weighted by Gasteiger charge is -2.22. The van der Waals surface area contributed by atoms with Gasteiger partial charge in [0.1, 0.15) is 0 Å². The number of hydrogen-bond acceptors (Lipinski definition) is 4. The summed E-state index contributed by atoms with van der Waals surface area (Å²) in [7, 11) is 0. The number of carbonyl (C=O) groups excluding carboxylic acids is 2. The van der Waals surface area contributed by atoms with Crippen molar-refractivity contribution in [3.63, 3.8) is 0 Å². The second-order valence-corrected chi connectivity index (χ2v) is 7.38. The van der Waals surface area contributed by atoms with Crippen molar-refractivity contribution in [2.75, 3.05) is 19.8 Å². The van der Waals surface area contributed by atoms with E-state index in [9.17, 15) is 9.59 Å². The van der Waals surface area contributed by atoms with Crippen molar-refractivity contribution in [3.05, 3.63) is 0 Å². The van der Waals surface area contributed by atoms with Gasteiger partial charge < -0.3 is 20.1 Å². The van der Waals surface area contributed by atoms with Crippen molar-refractivity contribution in [2.45, 2.75) is 77.0 Å². The highest BCUT2D eigenvalue weighted by molar-refractivity contribution is 5.78. The summed E-state index contributed by atoms with van der Waals surface area (Å²) >= 11 is 0. The van der Waals surface area contributed by atoms with Crippen molar-refractivity contribution in [1.29, 1.82) is 0 Å². The van der Waals surface area contributed by atoms with Crippen LogP contribution in [0.15, 0.2) is 0 Å². The third-order valence-corrected chi connectivity index (χ3v) is 4.54. The molecule has 0 aromatic rings. The quantitative estimate of drug-likeness (QED) is 0.671. The van der Waals surface area contributed by atoms with E-state index < -0.39 is 0 Å². The van der Waals surface area contributed by atoms with Crippen LogP contribution >= 0.6 is 0 Å². The van der Waals surface area contributed by atoms with Crippen LogP contribution in [0.25, 0.3) is 0 Å². The summed E-state index contributed by atoms with van der Waals surface area (Å²) in [5.74, 6) is 0.470. The maximum Gasteiger partial charge on any atom is 0.222 e. The van der Waals surface area contributed by atoms with Gasteiger partial charge in [0.05, 0.1) is 25.0 Å². The van der Waals surface area contributed by atoms with Crippen LogP contribution in [0.3, 0.4) is 0 Å². The van der Waals surface area contributed by atoms with Crippen LogP contribution in [-0.4, -0.2) is 49.8 Å². The Morgan fingerprint density at radius 3 is 2.08 bits per heavy atom. The van der Waals surface area contributed by atoms with Crippen molar-refractivity contribution >= 4 is 11.8 Å². The molecule has 138 valence electrons. The number of rotatable bonds is 9. The summed E-state index contributed by atoms with van der Waals surface area (Å²) in [5.41, 5.74) is 0. The molecule has 2 saturated heterocycles. The standard InChI is InChI=1S/C18H32N2O4/c1-13(2)9-14(20-18(22)11-16-6-4-8-24-16)12-19-17(21)10-15-5-3-7-23-15/h13-16H,3-12H2,1-2H3,(H,19,21)(H,20,22)/t14-,15-,16+/m1/s1. The van der Waals surface area contributed by atoms with E-state index in [0.29, 0.717) is 25.3 Å². The summed E-state index contributed by atoms with van der Waals surface area (Å²) in [6, 6.07) is -0.0349. The summed E-state index contributed by atoms with van der Waals surface area (Å²) in [6.45, 7) is 6.22. The third-order valence-electron chi connectivity index (χ3n) is 4.54. The average Bonchev–Trinajstić information content (AvgIpc) is 3.18. The topological polar surface area (TPSA) is 76.7 Å². The molecule has 2 amide bonds. The van der Waals surface area contributed by atoms with Gasteiger partial charge in [-0.2, -0.15) is 0 Å². The SMILES string of the molecule is CC(C)C[C@H](CNC(=O)C[C@H]1CCCO1)NC(=O)C[C@@H]1CCCO1. The molecule has 0 aliphatic carbocycles. The van der Waals surface area contributed by atoms with Crippen molar-refractivity contribution in [3.8, 4) is 0 Å². The molecule has 0 unspecified atom stereocenters. The lowest BCUT2D eigenvalue weighted by atomic mass is 10.0. The normalized spacial score (nSPS) is 25.0. The van der Waals surface area contributed by atoms with Crippen molar-refractivity contribution < 1.29 is 19.1 Å². The number of hydrogen-bond donors (Lipinski definition) is 2. The predicted octanol–water partition coefficient (Wildman–Crippen LogP) is 1.77. The van der Waals surface area contributed by atoms with Gasteiger partial charge in [0.25, 0.3) is 0 Å². The Balaban J connectivity index is 1.72. The Bertz CT molecular complexity index is 402. The highest BCUT2D eigenvalue weighted by atomic mass is 16.5. The molecule has 2 rings (SSSR count). The Kier molecular flexibility index (Phi) is 7.99. The highest BCUT2D eigenvalue weighted by Crippen LogP contribution is 2.16. The summed E-state index contributed by atoms with van der Waals surface area (Å²) < 4.78 is 11.0. The number of carbonyl (C=O) groups is 2. The molecule has 0 aromatic carbocycles. The molecule has 2 aliphatic heterocycles. The zero-order valence-corrected chi connectivity index (χ0v) is 15.0. The number of nitrogens with one attached hydrogen (secondary N) is 2. The molecular weight excluding hydrogens is 308 g/mol. The van der Waals surface area contributed by atoms with Gasteiger partial charge in [0.15, 0.2) is 0 Å². The van der Waals surface area contributed by atoms with E-state index in [4.69, 9.17) is 9.47 Å². The van der Waals surface area contributed by atoms with E-state index in [1.807, 2.05) is 0 Å². The maximum absolute atomic E-state index is 12.2. The Hall–Kier alpha value is -1.14. The largest absolute Gasteiger partial charge is 0.378 e. The molecule has 0 radical (unpaired) electrons. The summed E-state index contributed by atoms with van der Waals surface area (Å²) in [6.07, 6.45) is 5.77. The number of ether oxygens (including phenoxy) is 2. The maximum atomic E-state index is 12.2. The zero-order valence-electron chi connectivity index (χ0n) is 15.0. The Labute approximate surface area is 145 Å². The monoisotopic (exact) mass is 340 g/mol. The number of amides is 2. The van der Waals surface area contributed by atoms with Crippen LogP contribution in [0, 0.1) is 5.92 Å². The predicted molar refractivity (Wildman–Crippen MR) is 91.6 cm³/mol. The third kappa shape index (κ3) is 7.18. The van der Waals surface area contributed by atoms with Gasteiger partial charge in [-0.1, -0.05) is 13.8 Å². The van der Waals surface area contributed by atoms with Gasteiger partial charge in [-0.15, -0.1) is 0 Å². The van der Waals surface area contributed by atoms with Crippen LogP contribution < -0.4 is 10.6 Å². The molecule has 2 heterocycles. The van der Waals surface area contributed by atoms with E-state index in [1.54, 1.807) is 0 Å². The molecule has 2 fully saturated rings. The highest BCUT2D eigenvalue weighted by Gasteiger charge is 2.23. The second-order valence-electron chi connectivity index (χ2n) is 7.38. The van der Waals surface area contributed by atoms with E-state index >= 15 is 0 Å². The van der Waals surface area contributed by atoms with Crippen molar-refractivity contribution in [1.82, 2.24) is 10.6 Å². The van der Waals surface area contributed by atoms with E-state index in [0.717, 1.165) is 45.3 Å². The van der Waals surface area contributed by atoms with E-state index in [1.165, 1.54) is 0 Å². The lowest BCUT2D eigenvalue weighted by molar-refractivity contribution is -0.126. The first-order valence-electron chi connectivity index (χ1n) is 9.32. The van der Waals surface area contributed by atoms with Gasteiger partial charge in [-0.25, -0.2) is 0 Å². The van der Waals surface area contributed by atoms with Gasteiger partial charge in [0.2, 0.25) is 11.8 Å². The second kappa shape index (κ2) is 9.99. The van der Waals surface area contributed by atoms with Gasteiger partial charge in [0, 0.05) is 25.8 Å². The van der Waals surface area contributed by atoms with Crippen LogP contribution in [0.4, 0.5) is 0 Å². The fraction of sp³-hybridized carbons (Fsp3) is 0.889. The first-order valence-corrected chi connectivity index (χ1v) is 9.32. The molecule has 2 N–H and O–H groups in total. The van der Waals surface area contributed by atoms with Crippen LogP contribution in [0.2, 0.25) is 0 Å². The Morgan fingerprint density at radius 2 is 1.58 bits per heavy atom. The van der Waals surface area contributed by atoms with Gasteiger partial charge in [-0.05, 0) is 38.0 Å². The first-order chi connectivity index (χ1) is 11.5. The van der Waals surface area contributed by atoms with Crippen molar-refractivity contribution in [2.24, 2.45) is 5.92 Å². The summed E-state index contributed by atoms with van der Waals surface area (Å²) in [5, 5.41) is 6.01. The smallest absolute Gasteiger partial charge is 0.222 e. The van der Waals surface area contributed by atoms with Crippen LogP contribution in [-0.2, 0) is 19.1 Å². The van der Waals surface area contributed by atoms with E-state index in [2.05, 4.69) is 24.5 Å². The molecule has 0 bridgehead atoms. The minimum atomic E-state index is -0.0349. The molecular formula is C18H32N2O4. The molecule has 6 heteroatoms.